The second-order valence-electron chi connectivity index (χ2n) is 3.51. The van der Waals surface area contributed by atoms with Crippen LogP contribution in [0.2, 0.25) is 0 Å². The Hall–Kier alpha value is -1.33. The molecule has 0 spiro atoms. The molecule has 0 atom stereocenters. The van der Waals surface area contributed by atoms with Crippen LogP contribution in [0.15, 0.2) is 24.3 Å². The molecule has 0 unspecified atom stereocenters. The number of nitrogens with one attached hydrogen (secondary N) is 1. The van der Waals surface area contributed by atoms with Gasteiger partial charge in [0, 0.05) is 44.0 Å². The number of benzene rings is 1. The minimum Gasteiger partial charge on any atom is -0.369 e. The van der Waals surface area contributed by atoms with Gasteiger partial charge in [0.2, 0.25) is 0 Å². The summed E-state index contributed by atoms with van der Waals surface area (Å²) in [6, 6.07) is 6.80. The van der Waals surface area contributed by atoms with Gasteiger partial charge in [-0.15, -0.1) is 12.4 Å². The maximum absolute atomic E-state index is 10.6. The predicted octanol–water partition coefficient (Wildman–Crippen LogP) is 1.43. The lowest BCUT2D eigenvalue weighted by Crippen LogP contribution is -2.43. The first-order valence-electron chi connectivity index (χ1n) is 4.97. The van der Waals surface area contributed by atoms with Gasteiger partial charge >= 0.3 is 0 Å². The van der Waals surface area contributed by atoms with Crippen LogP contribution < -0.4 is 10.2 Å². The zero-order valence-corrected chi connectivity index (χ0v) is 9.57. The third-order valence-electron chi connectivity index (χ3n) is 2.52. The van der Waals surface area contributed by atoms with Gasteiger partial charge in [-0.3, -0.25) is 10.1 Å². The van der Waals surface area contributed by atoms with Gasteiger partial charge in [-0.25, -0.2) is 0 Å². The molecule has 0 saturated carbocycles. The van der Waals surface area contributed by atoms with Gasteiger partial charge < -0.3 is 10.2 Å². The number of hydrogen-bond acceptors (Lipinski definition) is 4. The van der Waals surface area contributed by atoms with Gasteiger partial charge in [0.05, 0.1) is 4.92 Å². The summed E-state index contributed by atoms with van der Waals surface area (Å²) in [5.41, 5.74) is 1.09. The molecular weight excluding hydrogens is 230 g/mol. The smallest absolute Gasteiger partial charge is 0.271 e. The Morgan fingerprint density at radius 3 is 2.62 bits per heavy atom. The van der Waals surface area contributed by atoms with Crippen LogP contribution in [0.4, 0.5) is 11.4 Å². The summed E-state index contributed by atoms with van der Waals surface area (Å²) in [5, 5.41) is 13.9. The number of non-ortho nitro benzene ring substituents is 1. The second-order valence-corrected chi connectivity index (χ2v) is 3.51. The summed E-state index contributed by atoms with van der Waals surface area (Å²) < 4.78 is 0. The van der Waals surface area contributed by atoms with Crippen molar-refractivity contribution in [3.05, 3.63) is 34.4 Å². The van der Waals surface area contributed by atoms with Crippen molar-refractivity contribution < 1.29 is 4.92 Å². The summed E-state index contributed by atoms with van der Waals surface area (Å²) in [4.78, 5) is 12.4. The Morgan fingerprint density at radius 1 is 1.31 bits per heavy atom. The van der Waals surface area contributed by atoms with Crippen molar-refractivity contribution in [3.8, 4) is 0 Å². The fourth-order valence-corrected chi connectivity index (χ4v) is 1.73. The monoisotopic (exact) mass is 243 g/mol. The number of nitrogens with zero attached hydrogens (tertiary/aromatic N) is 2. The lowest BCUT2D eigenvalue weighted by Gasteiger charge is -2.29. The lowest BCUT2D eigenvalue weighted by atomic mass is 10.2. The summed E-state index contributed by atoms with van der Waals surface area (Å²) in [6.07, 6.45) is 0. The molecule has 0 bridgehead atoms. The number of nitro groups is 1. The molecule has 88 valence electrons. The SMILES string of the molecule is Cl.O=[N+]([O-])c1cccc(N2CCNCC2)c1. The topological polar surface area (TPSA) is 58.4 Å². The number of anilines is 1. The maximum Gasteiger partial charge on any atom is 0.271 e. The molecule has 1 aromatic carbocycles. The minimum absolute atomic E-state index is 0. The van der Waals surface area contributed by atoms with E-state index in [2.05, 4.69) is 10.2 Å². The quantitative estimate of drug-likeness (QED) is 0.631. The molecule has 0 amide bonds. The summed E-state index contributed by atoms with van der Waals surface area (Å²) >= 11 is 0. The van der Waals surface area contributed by atoms with Crippen molar-refractivity contribution in [1.29, 1.82) is 0 Å². The molecule has 1 fully saturated rings. The first kappa shape index (κ1) is 12.7. The molecule has 1 N–H and O–H groups in total. The molecule has 16 heavy (non-hydrogen) atoms. The van der Waals surface area contributed by atoms with Crippen molar-refractivity contribution >= 4 is 23.8 Å². The van der Waals surface area contributed by atoms with E-state index in [1.807, 2.05) is 6.07 Å². The van der Waals surface area contributed by atoms with Crippen molar-refractivity contribution in [3.63, 3.8) is 0 Å². The fraction of sp³-hybridized carbons (Fsp3) is 0.400. The van der Waals surface area contributed by atoms with Gasteiger partial charge in [0.1, 0.15) is 0 Å². The lowest BCUT2D eigenvalue weighted by molar-refractivity contribution is -0.384. The largest absolute Gasteiger partial charge is 0.369 e. The van der Waals surface area contributed by atoms with Crippen LogP contribution in [0.1, 0.15) is 0 Å². The molecular formula is C10H14ClN3O2. The average Bonchev–Trinajstić information content (AvgIpc) is 2.30. The first-order valence-corrected chi connectivity index (χ1v) is 4.97. The number of nitro benzene ring substituents is 1. The molecule has 2 rings (SSSR count). The fourth-order valence-electron chi connectivity index (χ4n) is 1.73. The van der Waals surface area contributed by atoms with E-state index in [0.717, 1.165) is 31.9 Å². The minimum atomic E-state index is -0.355. The van der Waals surface area contributed by atoms with Crippen LogP contribution >= 0.6 is 12.4 Å². The zero-order valence-electron chi connectivity index (χ0n) is 8.76. The maximum atomic E-state index is 10.6. The van der Waals surface area contributed by atoms with Gasteiger partial charge in [0.25, 0.3) is 5.69 Å². The third kappa shape index (κ3) is 2.84. The Morgan fingerprint density at radius 2 is 2.00 bits per heavy atom. The normalized spacial score (nSPS) is 15.4. The molecule has 6 heteroatoms. The highest BCUT2D eigenvalue weighted by molar-refractivity contribution is 5.85. The highest BCUT2D eigenvalue weighted by Gasteiger charge is 2.13. The summed E-state index contributed by atoms with van der Waals surface area (Å²) in [7, 11) is 0. The number of rotatable bonds is 2. The first-order chi connectivity index (χ1) is 7.27. The van der Waals surface area contributed by atoms with E-state index in [0.29, 0.717) is 0 Å². The van der Waals surface area contributed by atoms with Gasteiger partial charge in [-0.2, -0.15) is 0 Å². The molecule has 0 aromatic heterocycles. The predicted molar refractivity (Wildman–Crippen MR) is 65.4 cm³/mol. The highest BCUT2D eigenvalue weighted by Crippen LogP contribution is 2.20. The van der Waals surface area contributed by atoms with E-state index in [-0.39, 0.29) is 23.0 Å². The molecule has 0 radical (unpaired) electrons. The van der Waals surface area contributed by atoms with E-state index in [9.17, 15) is 10.1 Å². The van der Waals surface area contributed by atoms with Gasteiger partial charge in [-0.1, -0.05) is 6.07 Å². The molecule has 1 aromatic rings. The summed E-state index contributed by atoms with van der Waals surface area (Å²) in [6.45, 7) is 3.67. The Kier molecular flexibility index (Phi) is 4.52. The molecule has 1 saturated heterocycles. The number of piperazine rings is 1. The Labute approximate surface area is 100 Å². The van der Waals surface area contributed by atoms with Crippen molar-refractivity contribution in [2.45, 2.75) is 0 Å². The average molecular weight is 244 g/mol. The molecule has 1 heterocycles. The van der Waals surface area contributed by atoms with Crippen LogP contribution in [0.5, 0.6) is 0 Å². The van der Waals surface area contributed by atoms with Crippen molar-refractivity contribution in [1.82, 2.24) is 5.32 Å². The van der Waals surface area contributed by atoms with Crippen molar-refractivity contribution in [2.24, 2.45) is 0 Å². The van der Waals surface area contributed by atoms with Crippen LogP contribution in [-0.2, 0) is 0 Å². The van der Waals surface area contributed by atoms with Crippen LogP contribution in [-0.4, -0.2) is 31.1 Å². The van der Waals surface area contributed by atoms with Crippen LogP contribution in [0.25, 0.3) is 0 Å². The van der Waals surface area contributed by atoms with E-state index < -0.39 is 0 Å². The number of halogens is 1. The second kappa shape index (κ2) is 5.67. The van der Waals surface area contributed by atoms with Gasteiger partial charge in [0.15, 0.2) is 0 Å². The number of hydrogen-bond donors (Lipinski definition) is 1. The third-order valence-corrected chi connectivity index (χ3v) is 2.52. The van der Waals surface area contributed by atoms with E-state index in [4.69, 9.17) is 0 Å². The molecule has 5 nitrogen and oxygen atoms in total. The molecule has 0 aliphatic carbocycles. The van der Waals surface area contributed by atoms with E-state index >= 15 is 0 Å². The van der Waals surface area contributed by atoms with Gasteiger partial charge in [-0.05, 0) is 6.07 Å². The van der Waals surface area contributed by atoms with E-state index in [1.165, 1.54) is 6.07 Å². The zero-order chi connectivity index (χ0) is 10.7. The molecule has 1 aliphatic heterocycles. The van der Waals surface area contributed by atoms with Crippen LogP contribution in [0.3, 0.4) is 0 Å². The molecule has 1 aliphatic rings. The summed E-state index contributed by atoms with van der Waals surface area (Å²) in [5.74, 6) is 0. The standard InChI is InChI=1S/C10H13N3O2.ClH/c14-13(15)10-3-1-2-9(8-10)12-6-4-11-5-7-12;/h1-3,8,11H,4-7H2;1H. The van der Waals surface area contributed by atoms with E-state index in [1.54, 1.807) is 12.1 Å². The van der Waals surface area contributed by atoms with Crippen molar-refractivity contribution in [2.75, 3.05) is 31.1 Å². The Bertz CT molecular complexity index is 367. The Balaban J connectivity index is 0.00000128. The van der Waals surface area contributed by atoms with Crippen LogP contribution in [0, 0.1) is 10.1 Å². The highest BCUT2D eigenvalue weighted by atomic mass is 35.5.